The average Bonchev–Trinajstić information content (AvgIpc) is 2.98. The zero-order chi connectivity index (χ0) is 21.0. The summed E-state index contributed by atoms with van der Waals surface area (Å²) in [5.74, 6) is 0.502. The molecule has 0 aromatic heterocycles. The van der Waals surface area contributed by atoms with Crippen LogP contribution < -0.4 is 0 Å². The summed E-state index contributed by atoms with van der Waals surface area (Å²) in [6.45, 7) is 4.29. The van der Waals surface area contributed by atoms with E-state index in [1.54, 1.807) is 12.1 Å². The molecule has 0 radical (unpaired) electrons. The van der Waals surface area contributed by atoms with E-state index in [1.165, 1.54) is 5.56 Å². The molecule has 1 aliphatic rings. The fourth-order valence-corrected chi connectivity index (χ4v) is 5.04. The third kappa shape index (κ3) is 3.80. The highest BCUT2D eigenvalue weighted by atomic mass is 35.5. The first kappa shape index (κ1) is 21.4. The zero-order valence-electron chi connectivity index (χ0n) is 17.0. The highest BCUT2D eigenvalue weighted by Gasteiger charge is 2.43. The molecule has 6 heteroatoms. The van der Waals surface area contributed by atoms with E-state index >= 15 is 0 Å². The normalized spacial score (nSPS) is 14.9. The van der Waals surface area contributed by atoms with Gasteiger partial charge in [-0.25, -0.2) is 0 Å². The van der Waals surface area contributed by atoms with Crippen molar-refractivity contribution < 1.29 is 4.92 Å². The van der Waals surface area contributed by atoms with E-state index in [2.05, 4.69) is 31.2 Å². The van der Waals surface area contributed by atoms with Crippen LogP contribution in [0.2, 0.25) is 0 Å². The SMILES string of the molecule is CCCC1(CCC)c2cc(C(CCCCl)N=O)ccc2-c2ccc([N+](=O)[O-])cc21. The van der Waals surface area contributed by atoms with Crippen LogP contribution >= 0.6 is 11.6 Å². The van der Waals surface area contributed by atoms with Crippen molar-refractivity contribution in [3.63, 3.8) is 0 Å². The lowest BCUT2D eigenvalue weighted by Gasteiger charge is -2.32. The minimum atomic E-state index is -0.418. The van der Waals surface area contributed by atoms with Crippen LogP contribution in [0.4, 0.5) is 5.69 Å². The molecule has 29 heavy (non-hydrogen) atoms. The van der Waals surface area contributed by atoms with Crippen molar-refractivity contribution in [3.05, 3.63) is 68.1 Å². The zero-order valence-corrected chi connectivity index (χ0v) is 17.7. The second-order valence-electron chi connectivity index (χ2n) is 7.83. The summed E-state index contributed by atoms with van der Waals surface area (Å²) in [5.41, 5.74) is 5.16. The van der Waals surface area contributed by atoms with Gasteiger partial charge in [-0.15, -0.1) is 11.6 Å². The molecule has 0 bridgehead atoms. The molecular weight excluding hydrogens is 388 g/mol. The minimum absolute atomic E-state index is 0.128. The van der Waals surface area contributed by atoms with Crippen molar-refractivity contribution in [2.24, 2.45) is 5.18 Å². The summed E-state index contributed by atoms with van der Waals surface area (Å²) in [4.78, 5) is 22.6. The molecule has 0 fully saturated rings. The Morgan fingerprint density at radius 3 is 2.24 bits per heavy atom. The van der Waals surface area contributed by atoms with Gasteiger partial charge in [0.05, 0.1) is 4.92 Å². The molecule has 0 amide bonds. The predicted molar refractivity (Wildman–Crippen MR) is 118 cm³/mol. The molecular formula is C23H27ClN2O3. The van der Waals surface area contributed by atoms with Crippen molar-refractivity contribution in [3.8, 4) is 11.1 Å². The number of hydrogen-bond donors (Lipinski definition) is 0. The molecule has 0 saturated carbocycles. The molecule has 154 valence electrons. The van der Waals surface area contributed by atoms with Gasteiger partial charge in [0.25, 0.3) is 5.69 Å². The molecule has 0 spiro atoms. The number of non-ortho nitro benzene ring substituents is 1. The molecule has 3 rings (SSSR count). The number of fused-ring (bicyclic) bond motifs is 3. The number of nitroso groups, excluding NO2 is 1. The molecule has 1 atom stereocenters. The van der Waals surface area contributed by atoms with Crippen molar-refractivity contribution in [2.45, 2.75) is 63.8 Å². The molecule has 1 aliphatic carbocycles. The summed E-state index contributed by atoms with van der Waals surface area (Å²) >= 11 is 5.81. The third-order valence-corrected chi connectivity index (χ3v) is 6.32. The number of nitro groups is 1. The van der Waals surface area contributed by atoms with Crippen molar-refractivity contribution in [1.29, 1.82) is 0 Å². The Balaban J connectivity index is 2.20. The van der Waals surface area contributed by atoms with E-state index in [1.807, 2.05) is 12.1 Å². The maximum atomic E-state index is 11.5. The maximum absolute atomic E-state index is 11.5. The number of hydrogen-bond acceptors (Lipinski definition) is 4. The van der Waals surface area contributed by atoms with E-state index in [0.29, 0.717) is 12.3 Å². The molecule has 0 heterocycles. The quantitative estimate of drug-likeness (QED) is 0.177. The van der Waals surface area contributed by atoms with Crippen LogP contribution in [0.5, 0.6) is 0 Å². The topological polar surface area (TPSA) is 72.6 Å². The lowest BCUT2D eigenvalue weighted by Crippen LogP contribution is -2.25. The van der Waals surface area contributed by atoms with Gasteiger partial charge in [0.2, 0.25) is 0 Å². The van der Waals surface area contributed by atoms with E-state index in [4.69, 9.17) is 11.6 Å². The second-order valence-corrected chi connectivity index (χ2v) is 8.20. The van der Waals surface area contributed by atoms with Crippen LogP contribution in [0.25, 0.3) is 11.1 Å². The van der Waals surface area contributed by atoms with Crippen LogP contribution in [0.15, 0.2) is 41.6 Å². The molecule has 2 aromatic carbocycles. The van der Waals surface area contributed by atoms with Gasteiger partial charge < -0.3 is 0 Å². The van der Waals surface area contributed by atoms with E-state index in [9.17, 15) is 15.0 Å². The van der Waals surface area contributed by atoms with Gasteiger partial charge in [-0.05, 0) is 59.6 Å². The Labute approximate surface area is 176 Å². The first-order valence-corrected chi connectivity index (χ1v) is 10.9. The van der Waals surface area contributed by atoms with Gasteiger partial charge in [-0.3, -0.25) is 10.1 Å². The van der Waals surface area contributed by atoms with Crippen LogP contribution in [-0.4, -0.2) is 10.8 Å². The lowest BCUT2D eigenvalue weighted by atomic mass is 9.71. The van der Waals surface area contributed by atoms with Crippen molar-refractivity contribution >= 4 is 17.3 Å². The number of rotatable bonds is 10. The minimum Gasteiger partial charge on any atom is -0.258 e. The molecule has 0 aliphatic heterocycles. The Bertz CT molecular complexity index is 907. The molecule has 0 N–H and O–H groups in total. The Hall–Kier alpha value is -2.27. The van der Waals surface area contributed by atoms with E-state index < -0.39 is 6.04 Å². The highest BCUT2D eigenvalue weighted by molar-refractivity contribution is 6.17. The fourth-order valence-electron chi connectivity index (χ4n) is 4.89. The summed E-state index contributed by atoms with van der Waals surface area (Å²) in [7, 11) is 0. The van der Waals surface area contributed by atoms with Crippen molar-refractivity contribution in [1.82, 2.24) is 0 Å². The first-order chi connectivity index (χ1) is 14.0. The van der Waals surface area contributed by atoms with Crippen LogP contribution in [0.3, 0.4) is 0 Å². The van der Waals surface area contributed by atoms with Crippen LogP contribution in [0, 0.1) is 15.0 Å². The molecule has 1 unspecified atom stereocenters. The second kappa shape index (κ2) is 9.04. The summed E-state index contributed by atoms with van der Waals surface area (Å²) in [5, 5.41) is 14.8. The van der Waals surface area contributed by atoms with Gasteiger partial charge in [0.1, 0.15) is 6.04 Å². The van der Waals surface area contributed by atoms with Crippen molar-refractivity contribution in [2.75, 3.05) is 5.88 Å². The number of nitro benzene ring substituents is 1. The fraction of sp³-hybridized carbons (Fsp3) is 0.478. The Kier molecular flexibility index (Phi) is 6.68. The summed E-state index contributed by atoms with van der Waals surface area (Å²) < 4.78 is 0. The Morgan fingerprint density at radius 2 is 1.69 bits per heavy atom. The van der Waals surface area contributed by atoms with Gasteiger partial charge in [0, 0.05) is 23.4 Å². The van der Waals surface area contributed by atoms with Gasteiger partial charge in [-0.1, -0.05) is 50.1 Å². The molecule has 0 saturated heterocycles. The lowest BCUT2D eigenvalue weighted by molar-refractivity contribution is -0.384. The number of alkyl halides is 1. The maximum Gasteiger partial charge on any atom is 0.269 e. The standard InChI is InChI=1S/C23H27ClN2O3/c1-3-11-23(12-4-2)20-14-16(22(25-27)6-5-13-24)7-9-18(20)19-10-8-17(26(28)29)15-21(19)23/h7-10,14-15,22H,3-6,11-13H2,1-2H3. The van der Waals surface area contributed by atoms with E-state index in [0.717, 1.165) is 54.4 Å². The summed E-state index contributed by atoms with van der Waals surface area (Å²) in [6, 6.07) is 10.9. The summed E-state index contributed by atoms with van der Waals surface area (Å²) in [6.07, 6.45) is 5.11. The number of halogens is 1. The Morgan fingerprint density at radius 1 is 1.07 bits per heavy atom. The number of nitrogens with zero attached hydrogens (tertiary/aromatic N) is 2. The van der Waals surface area contributed by atoms with Crippen LogP contribution in [0.1, 0.15) is 75.1 Å². The number of benzene rings is 2. The average molecular weight is 415 g/mol. The van der Waals surface area contributed by atoms with Gasteiger partial charge >= 0.3 is 0 Å². The van der Waals surface area contributed by atoms with E-state index in [-0.39, 0.29) is 16.0 Å². The highest BCUT2D eigenvalue weighted by Crippen LogP contribution is 2.55. The van der Waals surface area contributed by atoms with Gasteiger partial charge in [-0.2, -0.15) is 4.91 Å². The largest absolute Gasteiger partial charge is 0.269 e. The third-order valence-electron chi connectivity index (χ3n) is 6.06. The molecule has 2 aromatic rings. The molecule has 5 nitrogen and oxygen atoms in total. The smallest absolute Gasteiger partial charge is 0.258 e. The van der Waals surface area contributed by atoms with Crippen LogP contribution in [-0.2, 0) is 5.41 Å². The predicted octanol–water partition coefficient (Wildman–Crippen LogP) is 7.29. The first-order valence-electron chi connectivity index (χ1n) is 10.3. The van der Waals surface area contributed by atoms with Gasteiger partial charge in [0.15, 0.2) is 0 Å². The monoisotopic (exact) mass is 414 g/mol.